The molecule has 126 valence electrons. The predicted octanol–water partition coefficient (Wildman–Crippen LogP) is 1.69. The number of primary amides is 1. The van der Waals surface area contributed by atoms with E-state index >= 15 is 0 Å². The van der Waals surface area contributed by atoms with E-state index in [1.54, 1.807) is 59.5 Å². The highest BCUT2D eigenvalue weighted by Crippen LogP contribution is 2.10. The Morgan fingerprint density at radius 3 is 2.36 bits per heavy atom. The molecular formula is C17H16N6O2. The van der Waals surface area contributed by atoms with Gasteiger partial charge in [0.25, 0.3) is 5.91 Å². The molecule has 0 aliphatic heterocycles. The van der Waals surface area contributed by atoms with E-state index in [-0.39, 0.29) is 5.91 Å². The molecular weight excluding hydrogens is 320 g/mol. The number of benzene rings is 2. The number of hydrogen-bond donors (Lipinski definition) is 3. The van der Waals surface area contributed by atoms with Gasteiger partial charge in [-0.05, 0) is 42.0 Å². The maximum absolute atomic E-state index is 12.2. The molecule has 3 amide bonds. The Morgan fingerprint density at radius 1 is 1.04 bits per heavy atom. The fourth-order valence-corrected chi connectivity index (χ4v) is 2.24. The summed E-state index contributed by atoms with van der Waals surface area (Å²) in [6.07, 6.45) is 3.04. The van der Waals surface area contributed by atoms with Gasteiger partial charge in [-0.3, -0.25) is 4.79 Å². The van der Waals surface area contributed by atoms with Crippen LogP contribution in [0.4, 0.5) is 10.5 Å². The molecule has 0 radical (unpaired) electrons. The lowest BCUT2D eigenvalue weighted by molar-refractivity contribution is 0.0951. The minimum absolute atomic E-state index is 0.176. The fourth-order valence-electron chi connectivity index (χ4n) is 2.24. The van der Waals surface area contributed by atoms with E-state index in [9.17, 15) is 9.59 Å². The molecule has 3 rings (SSSR count). The van der Waals surface area contributed by atoms with Crippen molar-refractivity contribution in [2.24, 2.45) is 5.73 Å². The molecule has 0 aliphatic carbocycles. The van der Waals surface area contributed by atoms with Crippen molar-refractivity contribution in [3.8, 4) is 5.69 Å². The predicted molar refractivity (Wildman–Crippen MR) is 92.2 cm³/mol. The van der Waals surface area contributed by atoms with Crippen molar-refractivity contribution in [3.05, 3.63) is 72.3 Å². The Balaban J connectivity index is 1.58. The van der Waals surface area contributed by atoms with E-state index in [0.29, 0.717) is 17.8 Å². The molecule has 0 fully saturated rings. The zero-order chi connectivity index (χ0) is 17.6. The van der Waals surface area contributed by atoms with Crippen molar-refractivity contribution in [2.45, 2.75) is 6.54 Å². The second-order valence-corrected chi connectivity index (χ2v) is 5.26. The van der Waals surface area contributed by atoms with Gasteiger partial charge >= 0.3 is 6.03 Å². The summed E-state index contributed by atoms with van der Waals surface area (Å²) in [7, 11) is 0. The van der Waals surface area contributed by atoms with Crippen molar-refractivity contribution >= 4 is 17.6 Å². The van der Waals surface area contributed by atoms with Gasteiger partial charge in [0.05, 0.1) is 5.69 Å². The van der Waals surface area contributed by atoms with E-state index in [0.717, 1.165) is 11.3 Å². The van der Waals surface area contributed by atoms with Crippen LogP contribution in [0.15, 0.2) is 61.2 Å². The third kappa shape index (κ3) is 4.20. The quantitative estimate of drug-likeness (QED) is 0.657. The van der Waals surface area contributed by atoms with Gasteiger partial charge in [0.2, 0.25) is 0 Å². The van der Waals surface area contributed by atoms with Crippen molar-refractivity contribution in [2.75, 3.05) is 5.32 Å². The number of nitrogens with zero attached hydrogens (tertiary/aromatic N) is 3. The summed E-state index contributed by atoms with van der Waals surface area (Å²) in [6.45, 7) is 0.376. The Morgan fingerprint density at radius 2 is 1.76 bits per heavy atom. The fraction of sp³-hybridized carbons (Fsp3) is 0.0588. The van der Waals surface area contributed by atoms with Crippen molar-refractivity contribution in [1.82, 2.24) is 20.1 Å². The first-order valence-electron chi connectivity index (χ1n) is 7.50. The number of nitrogens with one attached hydrogen (secondary N) is 2. The lowest BCUT2D eigenvalue weighted by Gasteiger charge is -2.07. The van der Waals surface area contributed by atoms with E-state index in [1.807, 2.05) is 0 Å². The number of amides is 3. The molecule has 1 aromatic heterocycles. The van der Waals surface area contributed by atoms with Crippen LogP contribution in [0.3, 0.4) is 0 Å². The highest BCUT2D eigenvalue weighted by atomic mass is 16.2. The molecule has 0 aliphatic rings. The largest absolute Gasteiger partial charge is 0.351 e. The number of nitrogens with two attached hydrogens (primary N) is 1. The number of carbonyl (C=O) groups excluding carboxylic acids is 2. The number of carbonyl (C=O) groups is 2. The molecule has 0 saturated carbocycles. The van der Waals surface area contributed by atoms with E-state index < -0.39 is 6.03 Å². The lowest BCUT2D eigenvalue weighted by atomic mass is 10.1. The molecule has 2 aromatic carbocycles. The molecule has 0 bridgehead atoms. The van der Waals surface area contributed by atoms with Crippen LogP contribution in [0.2, 0.25) is 0 Å². The van der Waals surface area contributed by atoms with Crippen LogP contribution in [0.5, 0.6) is 0 Å². The molecule has 8 nitrogen and oxygen atoms in total. The van der Waals surface area contributed by atoms with E-state index in [4.69, 9.17) is 5.73 Å². The van der Waals surface area contributed by atoms with Crippen LogP contribution in [-0.4, -0.2) is 26.7 Å². The van der Waals surface area contributed by atoms with Crippen molar-refractivity contribution in [1.29, 1.82) is 0 Å². The maximum atomic E-state index is 12.2. The second kappa shape index (κ2) is 7.26. The van der Waals surface area contributed by atoms with Crippen LogP contribution >= 0.6 is 0 Å². The first-order chi connectivity index (χ1) is 12.1. The van der Waals surface area contributed by atoms with Crippen LogP contribution in [0, 0.1) is 0 Å². The zero-order valence-electron chi connectivity index (χ0n) is 13.2. The topological polar surface area (TPSA) is 115 Å². The maximum Gasteiger partial charge on any atom is 0.316 e. The van der Waals surface area contributed by atoms with Crippen molar-refractivity contribution < 1.29 is 9.59 Å². The first kappa shape index (κ1) is 16.2. The Labute approximate surface area is 143 Å². The molecule has 25 heavy (non-hydrogen) atoms. The molecule has 1 heterocycles. The summed E-state index contributed by atoms with van der Waals surface area (Å²) >= 11 is 0. The summed E-state index contributed by atoms with van der Waals surface area (Å²) < 4.78 is 1.61. The molecule has 4 N–H and O–H groups in total. The Bertz CT molecular complexity index is 857. The van der Waals surface area contributed by atoms with E-state index in [2.05, 4.69) is 20.7 Å². The number of aromatic nitrogens is 3. The standard InChI is InChI=1S/C17H16N6O2/c18-17(25)22-14-5-1-12(2-6-14)9-20-16(24)13-3-7-15(8-4-13)23-11-19-10-21-23/h1-8,10-11H,9H2,(H,20,24)(H3,18,22,25). The highest BCUT2D eigenvalue weighted by molar-refractivity contribution is 5.94. The average Bonchev–Trinajstić information content (AvgIpc) is 3.15. The smallest absolute Gasteiger partial charge is 0.316 e. The monoisotopic (exact) mass is 336 g/mol. The van der Waals surface area contributed by atoms with E-state index in [1.165, 1.54) is 6.33 Å². The molecule has 0 saturated heterocycles. The van der Waals surface area contributed by atoms with Gasteiger partial charge in [-0.2, -0.15) is 5.10 Å². The van der Waals surface area contributed by atoms with Gasteiger partial charge in [-0.15, -0.1) is 0 Å². The molecule has 0 unspecified atom stereocenters. The first-order valence-corrected chi connectivity index (χ1v) is 7.50. The van der Waals surface area contributed by atoms with Crippen LogP contribution in [-0.2, 0) is 6.54 Å². The number of anilines is 1. The highest BCUT2D eigenvalue weighted by Gasteiger charge is 2.06. The summed E-state index contributed by atoms with van der Waals surface area (Å²) in [5.74, 6) is -0.176. The second-order valence-electron chi connectivity index (χ2n) is 5.26. The Kier molecular flexibility index (Phi) is 4.70. The molecule has 0 spiro atoms. The number of hydrogen-bond acceptors (Lipinski definition) is 4. The van der Waals surface area contributed by atoms with Crippen LogP contribution < -0.4 is 16.4 Å². The van der Waals surface area contributed by atoms with Gasteiger partial charge < -0.3 is 16.4 Å². The number of rotatable bonds is 5. The zero-order valence-corrected chi connectivity index (χ0v) is 13.2. The number of urea groups is 1. The SMILES string of the molecule is NC(=O)Nc1ccc(CNC(=O)c2ccc(-n3cncn3)cc2)cc1. The van der Waals surface area contributed by atoms with Gasteiger partial charge in [-0.1, -0.05) is 12.1 Å². The normalized spacial score (nSPS) is 10.2. The van der Waals surface area contributed by atoms with Crippen LogP contribution in [0.25, 0.3) is 5.69 Å². The molecule has 3 aromatic rings. The lowest BCUT2D eigenvalue weighted by Crippen LogP contribution is -2.23. The summed E-state index contributed by atoms with van der Waals surface area (Å²) in [4.78, 5) is 26.9. The van der Waals surface area contributed by atoms with Gasteiger partial charge in [-0.25, -0.2) is 14.5 Å². The third-order valence-corrected chi connectivity index (χ3v) is 3.49. The van der Waals surface area contributed by atoms with Gasteiger partial charge in [0.1, 0.15) is 12.7 Å². The average molecular weight is 336 g/mol. The minimum atomic E-state index is -0.615. The third-order valence-electron chi connectivity index (χ3n) is 3.49. The molecule has 8 heteroatoms. The molecule has 0 atom stereocenters. The summed E-state index contributed by atoms with van der Waals surface area (Å²) in [5.41, 5.74) is 7.94. The minimum Gasteiger partial charge on any atom is -0.351 e. The summed E-state index contributed by atoms with van der Waals surface area (Å²) in [6, 6.07) is 13.5. The van der Waals surface area contributed by atoms with Gasteiger partial charge in [0.15, 0.2) is 0 Å². The van der Waals surface area contributed by atoms with Crippen LogP contribution in [0.1, 0.15) is 15.9 Å². The Hall–Kier alpha value is -3.68. The van der Waals surface area contributed by atoms with Gasteiger partial charge in [0, 0.05) is 17.8 Å². The van der Waals surface area contributed by atoms with Crippen molar-refractivity contribution in [3.63, 3.8) is 0 Å². The summed E-state index contributed by atoms with van der Waals surface area (Å²) in [5, 5.41) is 9.36.